The van der Waals surface area contributed by atoms with Gasteiger partial charge in [-0.15, -0.1) is 0 Å². The van der Waals surface area contributed by atoms with Gasteiger partial charge in [0, 0.05) is 18.6 Å². The number of sulfonamides is 2. The third kappa shape index (κ3) is 7.45. The summed E-state index contributed by atoms with van der Waals surface area (Å²) in [7, 11) is -11.3. The van der Waals surface area contributed by atoms with E-state index in [1.54, 1.807) is 0 Å². The molecule has 0 aliphatic rings. The normalized spacial score (nSPS) is 13.1. The minimum absolute atomic E-state index is 0.778. The van der Waals surface area contributed by atoms with E-state index in [9.17, 15) is 43.2 Å². The van der Waals surface area contributed by atoms with Crippen LogP contribution in [0.15, 0.2) is 24.4 Å². The summed E-state index contributed by atoms with van der Waals surface area (Å²) < 4.78 is 111. The van der Waals surface area contributed by atoms with E-state index in [1.165, 1.54) is 25.0 Å². The average molecular weight is 430 g/mol. The minimum Gasteiger partial charge on any atom is -0.421 e. The molecule has 0 saturated carbocycles. The molecular formula is C12H16F6N2O4S2. The Morgan fingerprint density at radius 3 is 1.77 bits per heavy atom. The van der Waals surface area contributed by atoms with Gasteiger partial charge in [-0.25, -0.2) is 21.4 Å². The molecule has 0 spiro atoms. The van der Waals surface area contributed by atoms with E-state index < -0.39 is 31.1 Å². The van der Waals surface area contributed by atoms with Crippen LogP contribution in [0.1, 0.15) is 25.5 Å². The zero-order valence-electron chi connectivity index (χ0n) is 13.5. The number of aromatic nitrogens is 1. The van der Waals surface area contributed by atoms with Crippen LogP contribution in [0.5, 0.6) is 0 Å². The quantitative estimate of drug-likeness (QED) is 0.531. The van der Waals surface area contributed by atoms with Crippen molar-refractivity contribution in [2.75, 3.05) is 0 Å². The maximum absolute atomic E-state index is 11.4. The number of unbranched alkanes of at least 4 members (excludes halogenated alkanes) is 1. The predicted octanol–water partition coefficient (Wildman–Crippen LogP) is 2.91. The molecule has 0 amide bonds. The molecule has 26 heavy (non-hydrogen) atoms. The summed E-state index contributed by atoms with van der Waals surface area (Å²) in [6.07, 6.45) is 5.87. The van der Waals surface area contributed by atoms with Crippen LogP contribution in [0, 0.1) is 0 Å². The lowest BCUT2D eigenvalue weighted by Crippen LogP contribution is -2.32. The van der Waals surface area contributed by atoms with E-state index in [-0.39, 0.29) is 0 Å². The molecule has 0 bridgehead atoms. The SMILES string of the molecule is CCCCc1cccc[n+]1C.O=S(=O)([N-]S(=O)(=O)C(F)(F)F)C(F)(F)F. The molecule has 1 rings (SSSR count). The monoisotopic (exact) mass is 430 g/mol. The Bertz CT molecular complexity index is 747. The molecule has 1 heterocycles. The molecule has 0 N–H and O–H groups in total. The summed E-state index contributed by atoms with van der Waals surface area (Å²) in [6, 6.07) is 6.36. The molecule has 152 valence electrons. The van der Waals surface area contributed by atoms with Crippen molar-refractivity contribution in [2.24, 2.45) is 7.05 Å². The van der Waals surface area contributed by atoms with Crippen molar-refractivity contribution in [3.8, 4) is 0 Å². The maximum atomic E-state index is 11.4. The summed E-state index contributed by atoms with van der Waals surface area (Å²) in [4.78, 5) is 0. The van der Waals surface area contributed by atoms with Crippen LogP contribution < -0.4 is 4.57 Å². The number of nitrogens with zero attached hydrogens (tertiary/aromatic N) is 2. The van der Waals surface area contributed by atoms with Gasteiger partial charge in [0.2, 0.25) is 0 Å². The highest BCUT2D eigenvalue weighted by Crippen LogP contribution is 2.36. The molecule has 14 heteroatoms. The van der Waals surface area contributed by atoms with E-state index in [2.05, 4.69) is 42.9 Å². The minimum atomic E-state index is -6.72. The molecule has 0 radical (unpaired) electrons. The lowest BCUT2D eigenvalue weighted by molar-refractivity contribution is -0.679. The van der Waals surface area contributed by atoms with Crippen LogP contribution in [-0.4, -0.2) is 27.9 Å². The molecule has 0 aliphatic carbocycles. The molecule has 6 nitrogen and oxygen atoms in total. The van der Waals surface area contributed by atoms with Crippen LogP contribution in [0.4, 0.5) is 26.3 Å². The van der Waals surface area contributed by atoms with Gasteiger partial charge < -0.3 is 4.13 Å². The van der Waals surface area contributed by atoms with Crippen molar-refractivity contribution in [1.82, 2.24) is 0 Å². The molecule has 1 aromatic heterocycles. The van der Waals surface area contributed by atoms with Gasteiger partial charge in [-0.1, -0.05) is 19.4 Å². The van der Waals surface area contributed by atoms with Crippen molar-refractivity contribution in [3.63, 3.8) is 0 Å². The molecule has 0 fully saturated rings. The second-order valence-corrected chi connectivity index (χ2v) is 8.24. The third-order valence-corrected chi connectivity index (χ3v) is 5.47. The first-order valence-electron chi connectivity index (χ1n) is 6.85. The molecule has 1 aromatic rings. The Balaban J connectivity index is 0.000000502. The average Bonchev–Trinajstić information content (AvgIpc) is 2.43. The van der Waals surface area contributed by atoms with Gasteiger partial charge in [0.05, 0.1) is 0 Å². The predicted molar refractivity (Wildman–Crippen MR) is 79.5 cm³/mol. The Morgan fingerprint density at radius 2 is 1.42 bits per heavy atom. The van der Waals surface area contributed by atoms with E-state index >= 15 is 0 Å². The number of hydrogen-bond acceptors (Lipinski definition) is 4. The first kappa shape index (κ1) is 24.6. The van der Waals surface area contributed by atoms with Crippen molar-refractivity contribution in [2.45, 2.75) is 37.2 Å². The van der Waals surface area contributed by atoms with Gasteiger partial charge in [-0.3, -0.25) is 0 Å². The summed E-state index contributed by atoms with van der Waals surface area (Å²) in [5.41, 5.74) is -11.0. The number of pyridine rings is 1. The van der Waals surface area contributed by atoms with E-state index in [0.29, 0.717) is 0 Å². The summed E-state index contributed by atoms with van der Waals surface area (Å²) in [6.45, 7) is 2.23. The fraction of sp³-hybridized carbons (Fsp3) is 0.583. The number of alkyl halides is 6. The Morgan fingerprint density at radius 1 is 0.962 bits per heavy atom. The highest BCUT2D eigenvalue weighted by molar-refractivity contribution is 8.13. The topological polar surface area (TPSA) is 86.3 Å². The van der Waals surface area contributed by atoms with Crippen LogP contribution in [0.3, 0.4) is 0 Å². The molecule has 0 aromatic carbocycles. The number of halogens is 6. The van der Waals surface area contributed by atoms with Gasteiger partial charge in [0.25, 0.3) is 0 Å². The second-order valence-electron chi connectivity index (χ2n) is 4.82. The molecule has 0 atom stereocenters. The Labute approximate surface area is 146 Å². The van der Waals surface area contributed by atoms with Crippen molar-refractivity contribution >= 4 is 20.0 Å². The van der Waals surface area contributed by atoms with E-state index in [4.69, 9.17) is 0 Å². The number of aryl methyl sites for hydroxylation is 2. The first-order chi connectivity index (χ1) is 11.5. The third-order valence-electron chi connectivity index (χ3n) is 2.73. The lowest BCUT2D eigenvalue weighted by Gasteiger charge is -2.22. The second kappa shape index (κ2) is 8.99. The van der Waals surface area contributed by atoms with Gasteiger partial charge in [-0.05, 0) is 6.42 Å². The maximum Gasteiger partial charge on any atom is 0.480 e. The van der Waals surface area contributed by atoms with Crippen molar-refractivity contribution in [1.29, 1.82) is 0 Å². The van der Waals surface area contributed by atoms with Crippen molar-refractivity contribution < 1.29 is 47.7 Å². The van der Waals surface area contributed by atoms with Gasteiger partial charge >= 0.3 is 11.0 Å². The van der Waals surface area contributed by atoms with Crippen LogP contribution >= 0.6 is 0 Å². The number of rotatable bonds is 5. The fourth-order valence-corrected chi connectivity index (χ4v) is 3.10. The van der Waals surface area contributed by atoms with Crippen molar-refractivity contribution in [3.05, 3.63) is 34.2 Å². The van der Waals surface area contributed by atoms with Crippen LogP contribution in [0.2, 0.25) is 0 Å². The smallest absolute Gasteiger partial charge is 0.421 e. The molecular weight excluding hydrogens is 414 g/mol. The number of hydrogen-bond donors (Lipinski definition) is 0. The summed E-state index contributed by atoms with van der Waals surface area (Å²) >= 11 is 0. The fourth-order valence-electron chi connectivity index (χ4n) is 1.39. The van der Waals surface area contributed by atoms with Gasteiger partial charge in [0.1, 0.15) is 7.05 Å². The Hall–Kier alpha value is -1.41. The summed E-state index contributed by atoms with van der Waals surface area (Å²) in [5, 5.41) is 0. The van der Waals surface area contributed by atoms with E-state index in [1.807, 2.05) is 0 Å². The highest BCUT2D eigenvalue weighted by atomic mass is 32.3. The van der Waals surface area contributed by atoms with Crippen LogP contribution in [0.25, 0.3) is 4.13 Å². The largest absolute Gasteiger partial charge is 0.480 e. The Kier molecular flexibility index (Phi) is 8.50. The highest BCUT2D eigenvalue weighted by Gasteiger charge is 2.46. The van der Waals surface area contributed by atoms with Gasteiger partial charge in [-0.2, -0.15) is 26.3 Å². The van der Waals surface area contributed by atoms with E-state index in [0.717, 1.165) is 4.13 Å². The molecule has 0 aliphatic heterocycles. The lowest BCUT2D eigenvalue weighted by atomic mass is 10.2. The van der Waals surface area contributed by atoms with Crippen LogP contribution in [-0.2, 0) is 33.5 Å². The molecule has 0 unspecified atom stereocenters. The zero-order valence-corrected chi connectivity index (χ0v) is 15.2. The summed E-state index contributed by atoms with van der Waals surface area (Å²) in [5.74, 6) is 0. The molecule has 0 saturated heterocycles. The zero-order chi connectivity index (χ0) is 20.8. The first-order valence-corrected chi connectivity index (χ1v) is 9.73. The van der Waals surface area contributed by atoms with Gasteiger partial charge in [0.15, 0.2) is 31.9 Å². The standard InChI is InChI=1S/C10H16N.C2F6NO4S2/c1-3-4-7-10-8-5-6-9-11(10)2;3-1(4,5)14(10,11)9-15(12,13)2(6,7)8/h5-6,8-9H,3-4,7H2,1-2H3;/q+1;-1.